The monoisotopic (exact) mass is 505 g/mol. The number of halogens is 2. The third kappa shape index (κ3) is 6.31. The summed E-state index contributed by atoms with van der Waals surface area (Å²) in [5.74, 6) is -0.673. The lowest BCUT2D eigenvalue weighted by Gasteiger charge is -2.23. The Hall–Kier alpha value is -4.24. The molecule has 0 bridgehead atoms. The van der Waals surface area contributed by atoms with Gasteiger partial charge in [-0.15, -0.1) is 0 Å². The highest BCUT2D eigenvalue weighted by Crippen LogP contribution is 2.22. The number of ether oxygens (including phenoxy) is 2. The maximum Gasteiger partial charge on any atom is 0.188 e. The summed E-state index contributed by atoms with van der Waals surface area (Å²) in [4.78, 5) is 5.86. The van der Waals surface area contributed by atoms with Crippen molar-refractivity contribution in [2.75, 3.05) is 14.2 Å². The molecule has 2 aromatic heterocycles. The summed E-state index contributed by atoms with van der Waals surface area (Å²) in [7, 11) is 3.01. The summed E-state index contributed by atoms with van der Waals surface area (Å²) in [5, 5.41) is 7.78. The third-order valence-corrected chi connectivity index (χ3v) is 5.86. The van der Waals surface area contributed by atoms with Gasteiger partial charge in [0.15, 0.2) is 11.6 Å². The lowest BCUT2D eigenvalue weighted by atomic mass is 10.1. The van der Waals surface area contributed by atoms with Crippen LogP contribution in [-0.4, -0.2) is 33.9 Å². The SMILES string of the molecule is C=C(NCc1nccc(OC)c1F)c1cn(Cc2ccc(CN3C=C(F)C=CC3=C)cc2)nc1COC. The van der Waals surface area contributed by atoms with Crippen LogP contribution in [0.3, 0.4) is 0 Å². The van der Waals surface area contributed by atoms with Gasteiger partial charge in [-0.25, -0.2) is 8.78 Å². The van der Waals surface area contributed by atoms with E-state index in [2.05, 4.69) is 28.6 Å². The normalized spacial score (nSPS) is 13.0. The van der Waals surface area contributed by atoms with Crippen molar-refractivity contribution in [2.45, 2.75) is 26.2 Å². The molecule has 37 heavy (non-hydrogen) atoms. The number of rotatable bonds is 11. The lowest BCUT2D eigenvalue weighted by molar-refractivity contribution is 0.180. The van der Waals surface area contributed by atoms with E-state index >= 15 is 0 Å². The first-order valence-corrected chi connectivity index (χ1v) is 11.6. The van der Waals surface area contributed by atoms with Gasteiger partial charge in [0.2, 0.25) is 0 Å². The van der Waals surface area contributed by atoms with Gasteiger partial charge in [0.1, 0.15) is 5.83 Å². The quantitative estimate of drug-likeness (QED) is 0.392. The summed E-state index contributed by atoms with van der Waals surface area (Å²) in [6.07, 6.45) is 7.87. The molecule has 0 saturated carbocycles. The second-order valence-corrected chi connectivity index (χ2v) is 8.51. The minimum atomic E-state index is -0.510. The number of nitrogens with zero attached hydrogens (tertiary/aromatic N) is 4. The van der Waals surface area contributed by atoms with E-state index in [0.717, 1.165) is 22.4 Å². The minimum Gasteiger partial charge on any atom is -0.494 e. The molecule has 0 aliphatic carbocycles. The van der Waals surface area contributed by atoms with Crippen molar-refractivity contribution in [3.8, 4) is 5.75 Å². The Morgan fingerprint density at radius 1 is 1.03 bits per heavy atom. The van der Waals surface area contributed by atoms with Crippen molar-refractivity contribution in [3.05, 3.63) is 120 Å². The van der Waals surface area contributed by atoms with E-state index in [0.29, 0.717) is 31.1 Å². The fraction of sp³-hybridized carbons (Fsp3) is 0.214. The van der Waals surface area contributed by atoms with Crippen molar-refractivity contribution in [1.82, 2.24) is 25.0 Å². The molecular formula is C28H29F2N5O2. The molecule has 4 rings (SSSR count). The van der Waals surface area contributed by atoms with Crippen molar-refractivity contribution >= 4 is 5.70 Å². The molecule has 3 aromatic rings. The summed E-state index contributed by atoms with van der Waals surface area (Å²) < 4.78 is 40.2. The molecule has 0 spiro atoms. The number of nitrogens with one attached hydrogen (secondary N) is 1. The third-order valence-electron chi connectivity index (χ3n) is 5.86. The van der Waals surface area contributed by atoms with E-state index in [4.69, 9.17) is 9.47 Å². The number of benzene rings is 1. The van der Waals surface area contributed by atoms with Gasteiger partial charge in [-0.3, -0.25) is 9.67 Å². The fourth-order valence-corrected chi connectivity index (χ4v) is 3.90. The Balaban J connectivity index is 1.42. The first kappa shape index (κ1) is 25.8. The molecule has 1 aliphatic rings. The van der Waals surface area contributed by atoms with E-state index in [1.165, 1.54) is 31.6 Å². The van der Waals surface area contributed by atoms with Crippen molar-refractivity contribution in [1.29, 1.82) is 0 Å². The van der Waals surface area contributed by atoms with Gasteiger partial charge < -0.3 is 19.7 Å². The van der Waals surface area contributed by atoms with Gasteiger partial charge >= 0.3 is 0 Å². The van der Waals surface area contributed by atoms with Crippen LogP contribution < -0.4 is 10.1 Å². The van der Waals surface area contributed by atoms with Crippen LogP contribution in [0.5, 0.6) is 5.75 Å². The summed E-state index contributed by atoms with van der Waals surface area (Å²) in [6, 6.07) is 9.51. The summed E-state index contributed by atoms with van der Waals surface area (Å²) in [6.45, 7) is 9.54. The molecule has 7 nitrogen and oxygen atoms in total. The Morgan fingerprint density at radius 2 is 1.76 bits per heavy atom. The number of hydrogen-bond donors (Lipinski definition) is 1. The molecule has 192 valence electrons. The molecule has 1 aliphatic heterocycles. The lowest BCUT2D eigenvalue weighted by Crippen LogP contribution is -2.16. The van der Waals surface area contributed by atoms with Crippen LogP contribution in [0.1, 0.15) is 28.1 Å². The Labute approximate surface area is 215 Å². The van der Waals surface area contributed by atoms with Gasteiger partial charge in [0, 0.05) is 55.3 Å². The first-order chi connectivity index (χ1) is 17.9. The van der Waals surface area contributed by atoms with Crippen molar-refractivity contribution in [3.63, 3.8) is 0 Å². The van der Waals surface area contributed by atoms with Crippen LogP contribution in [0.2, 0.25) is 0 Å². The number of hydrogen-bond acceptors (Lipinski definition) is 6. The van der Waals surface area contributed by atoms with Crippen molar-refractivity contribution < 1.29 is 18.3 Å². The molecule has 3 heterocycles. The molecule has 0 amide bonds. The number of pyridine rings is 1. The zero-order valence-electron chi connectivity index (χ0n) is 20.9. The van der Waals surface area contributed by atoms with Gasteiger partial charge in [-0.05, 0) is 23.3 Å². The Bertz CT molecular complexity index is 1350. The van der Waals surface area contributed by atoms with Gasteiger partial charge in [0.05, 0.1) is 38.2 Å². The van der Waals surface area contributed by atoms with Crippen LogP contribution in [-0.2, 0) is 31.0 Å². The highest BCUT2D eigenvalue weighted by molar-refractivity contribution is 5.63. The van der Waals surface area contributed by atoms with E-state index < -0.39 is 5.82 Å². The van der Waals surface area contributed by atoms with Crippen LogP contribution in [0, 0.1) is 5.82 Å². The van der Waals surface area contributed by atoms with Crippen LogP contribution in [0.15, 0.2) is 85.8 Å². The maximum atomic E-state index is 14.4. The number of methoxy groups -OCH3 is 2. The number of allylic oxidation sites excluding steroid dienone is 3. The highest BCUT2D eigenvalue weighted by atomic mass is 19.1. The van der Waals surface area contributed by atoms with E-state index in [-0.39, 0.29) is 23.8 Å². The van der Waals surface area contributed by atoms with Gasteiger partial charge in [-0.2, -0.15) is 5.10 Å². The Kier molecular flexibility index (Phi) is 8.15. The highest BCUT2D eigenvalue weighted by Gasteiger charge is 2.15. The van der Waals surface area contributed by atoms with Crippen LogP contribution in [0.25, 0.3) is 5.70 Å². The number of aromatic nitrogens is 3. The first-order valence-electron chi connectivity index (χ1n) is 11.6. The summed E-state index contributed by atoms with van der Waals surface area (Å²) >= 11 is 0. The molecule has 0 atom stereocenters. The van der Waals surface area contributed by atoms with Crippen LogP contribution >= 0.6 is 0 Å². The second kappa shape index (κ2) is 11.7. The smallest absolute Gasteiger partial charge is 0.188 e. The molecule has 0 radical (unpaired) electrons. The van der Waals surface area contributed by atoms with Crippen LogP contribution in [0.4, 0.5) is 8.78 Å². The predicted molar refractivity (Wildman–Crippen MR) is 138 cm³/mol. The largest absolute Gasteiger partial charge is 0.494 e. The average Bonchev–Trinajstić information content (AvgIpc) is 3.29. The molecule has 9 heteroatoms. The van der Waals surface area contributed by atoms with Crippen molar-refractivity contribution in [2.24, 2.45) is 0 Å². The standard InChI is InChI=1S/C28H29F2N5O2/c1-19-5-10-23(29)16-34(19)14-21-6-8-22(9-7-21)15-35-17-24(26(33-35)18-36-3)20(2)32-13-25-28(30)27(37-4)11-12-31-25/h5-12,16-17,32H,1-2,13-15,18H2,3-4H3. The van der Waals surface area contributed by atoms with E-state index in [9.17, 15) is 8.78 Å². The van der Waals surface area contributed by atoms with Gasteiger partial charge in [0.25, 0.3) is 0 Å². The average molecular weight is 506 g/mol. The topological polar surface area (TPSA) is 64.4 Å². The van der Waals surface area contributed by atoms with Gasteiger partial charge in [-0.1, -0.05) is 37.4 Å². The second-order valence-electron chi connectivity index (χ2n) is 8.51. The molecule has 0 fully saturated rings. The molecule has 0 saturated heterocycles. The van der Waals surface area contributed by atoms with E-state index in [1.807, 2.05) is 35.1 Å². The minimum absolute atomic E-state index is 0.137. The predicted octanol–water partition coefficient (Wildman–Crippen LogP) is 5.08. The maximum absolute atomic E-state index is 14.4. The molecule has 1 aromatic carbocycles. The summed E-state index contributed by atoms with van der Waals surface area (Å²) in [5.41, 5.74) is 5.09. The zero-order valence-corrected chi connectivity index (χ0v) is 20.9. The zero-order chi connectivity index (χ0) is 26.4. The Morgan fingerprint density at radius 3 is 2.46 bits per heavy atom. The molecule has 1 N–H and O–H groups in total. The fourth-order valence-electron chi connectivity index (χ4n) is 3.90. The molecule has 0 unspecified atom stereocenters. The van der Waals surface area contributed by atoms with E-state index in [1.54, 1.807) is 18.1 Å². The molecular weight excluding hydrogens is 476 g/mol.